The number of para-hydroxylation sites is 1. The molecule has 1 saturated heterocycles. The number of nitrogens with zero attached hydrogens (tertiary/aromatic N) is 4. The molecule has 1 N–H and O–H groups in total. The Kier molecular flexibility index (Phi) is 6.70. The molecule has 1 aliphatic rings. The van der Waals surface area contributed by atoms with Crippen LogP contribution in [0, 0.1) is 12.7 Å². The van der Waals surface area contributed by atoms with Gasteiger partial charge in [-0.2, -0.15) is 4.31 Å². The van der Waals surface area contributed by atoms with Crippen molar-refractivity contribution in [3.8, 4) is 0 Å². The molecular formula is C27H28FN5O2S. The van der Waals surface area contributed by atoms with Crippen molar-refractivity contribution in [1.82, 2.24) is 19.2 Å². The summed E-state index contributed by atoms with van der Waals surface area (Å²) in [5.74, 6) is 0.962. The molecule has 0 amide bonds. The number of halogens is 1. The van der Waals surface area contributed by atoms with E-state index < -0.39 is 15.8 Å². The summed E-state index contributed by atoms with van der Waals surface area (Å²) in [4.78, 5) is 12.0. The van der Waals surface area contributed by atoms with Crippen LogP contribution in [-0.4, -0.2) is 53.8 Å². The summed E-state index contributed by atoms with van der Waals surface area (Å²) in [7, 11) is -3.67. The van der Waals surface area contributed by atoms with Crippen LogP contribution >= 0.6 is 0 Å². The molecule has 9 heteroatoms. The van der Waals surface area contributed by atoms with Gasteiger partial charge in [0, 0.05) is 37.3 Å². The second-order valence-electron chi connectivity index (χ2n) is 9.01. The molecule has 0 radical (unpaired) electrons. The monoisotopic (exact) mass is 505 g/mol. The van der Waals surface area contributed by atoms with Crippen LogP contribution < -0.4 is 5.32 Å². The maximum absolute atomic E-state index is 13.3. The summed E-state index contributed by atoms with van der Waals surface area (Å²) in [6.07, 6.45) is 0. The van der Waals surface area contributed by atoms with Crippen LogP contribution in [-0.2, 0) is 10.0 Å². The normalized spacial score (nSPS) is 16.2. The number of sulfonamides is 1. The van der Waals surface area contributed by atoms with Gasteiger partial charge >= 0.3 is 0 Å². The predicted octanol–water partition coefficient (Wildman–Crippen LogP) is 4.89. The zero-order valence-corrected chi connectivity index (χ0v) is 21.0. The van der Waals surface area contributed by atoms with E-state index in [0.29, 0.717) is 32.0 Å². The van der Waals surface area contributed by atoms with Crippen LogP contribution in [0.4, 0.5) is 15.9 Å². The summed E-state index contributed by atoms with van der Waals surface area (Å²) < 4.78 is 40.7. The lowest BCUT2D eigenvalue weighted by atomic mass is 10.1. The van der Waals surface area contributed by atoms with E-state index in [0.717, 1.165) is 28.0 Å². The summed E-state index contributed by atoms with van der Waals surface area (Å²) in [6.45, 7) is 5.85. The Morgan fingerprint density at radius 1 is 0.917 bits per heavy atom. The molecule has 1 atom stereocenters. The van der Waals surface area contributed by atoms with Gasteiger partial charge in [0.15, 0.2) is 0 Å². The van der Waals surface area contributed by atoms with Crippen LogP contribution in [0.25, 0.3) is 10.9 Å². The largest absolute Gasteiger partial charge is 0.340 e. The molecule has 36 heavy (non-hydrogen) atoms. The molecular weight excluding hydrogens is 477 g/mol. The molecule has 1 fully saturated rings. The molecule has 5 rings (SSSR count). The van der Waals surface area contributed by atoms with Crippen molar-refractivity contribution in [3.05, 3.63) is 90.0 Å². The Morgan fingerprint density at radius 2 is 1.64 bits per heavy atom. The highest BCUT2D eigenvalue weighted by Gasteiger charge is 2.31. The first-order chi connectivity index (χ1) is 17.3. The van der Waals surface area contributed by atoms with Gasteiger partial charge in [-0.25, -0.2) is 22.8 Å². The van der Waals surface area contributed by atoms with Gasteiger partial charge in [-0.15, -0.1) is 0 Å². The van der Waals surface area contributed by atoms with E-state index in [1.54, 1.807) is 0 Å². The average Bonchev–Trinajstić information content (AvgIpc) is 2.88. The van der Waals surface area contributed by atoms with Crippen LogP contribution in [0.15, 0.2) is 77.7 Å². The molecule has 0 spiro atoms. The Labute approximate surface area is 210 Å². The van der Waals surface area contributed by atoms with E-state index in [-0.39, 0.29) is 10.9 Å². The van der Waals surface area contributed by atoms with E-state index in [9.17, 15) is 12.8 Å². The third kappa shape index (κ3) is 4.95. The van der Waals surface area contributed by atoms with Crippen LogP contribution in [0.1, 0.15) is 24.4 Å². The number of fused-ring (bicyclic) bond motifs is 1. The van der Waals surface area contributed by atoms with Crippen molar-refractivity contribution in [3.63, 3.8) is 0 Å². The molecule has 1 aliphatic heterocycles. The minimum atomic E-state index is -3.67. The molecule has 186 valence electrons. The summed E-state index contributed by atoms with van der Waals surface area (Å²) in [6, 6.07) is 20.9. The second-order valence-corrected chi connectivity index (χ2v) is 10.9. The zero-order valence-electron chi connectivity index (χ0n) is 20.2. The molecule has 3 aromatic carbocycles. The third-order valence-corrected chi connectivity index (χ3v) is 8.46. The van der Waals surface area contributed by atoms with Crippen molar-refractivity contribution >= 4 is 32.4 Å². The first-order valence-electron chi connectivity index (χ1n) is 11.9. The van der Waals surface area contributed by atoms with Crippen LogP contribution in [0.3, 0.4) is 0 Å². The Morgan fingerprint density at radius 3 is 2.36 bits per heavy atom. The first-order valence-corrected chi connectivity index (χ1v) is 13.4. The van der Waals surface area contributed by atoms with Crippen LogP contribution in [0.5, 0.6) is 0 Å². The highest BCUT2D eigenvalue weighted by atomic mass is 32.2. The SMILES string of the molecule is Cc1cccc(Nc2nc([C@H](C)N3CCN(S(=O)(=O)c4ccc(F)cc4)CC3)nc3ccccc23)c1. The second kappa shape index (κ2) is 9.93. The number of hydrogen-bond acceptors (Lipinski definition) is 6. The molecule has 4 aromatic rings. The topological polar surface area (TPSA) is 78.4 Å². The highest BCUT2D eigenvalue weighted by molar-refractivity contribution is 7.89. The summed E-state index contributed by atoms with van der Waals surface area (Å²) in [5, 5.41) is 4.39. The maximum Gasteiger partial charge on any atom is 0.243 e. The van der Waals surface area contributed by atoms with E-state index >= 15 is 0 Å². The number of benzene rings is 3. The van der Waals surface area contributed by atoms with E-state index in [2.05, 4.69) is 16.3 Å². The lowest BCUT2D eigenvalue weighted by Crippen LogP contribution is -2.49. The fraction of sp³-hybridized carbons (Fsp3) is 0.259. The number of anilines is 2. The smallest absolute Gasteiger partial charge is 0.243 e. The fourth-order valence-electron chi connectivity index (χ4n) is 4.49. The fourth-order valence-corrected chi connectivity index (χ4v) is 5.91. The molecule has 0 aliphatic carbocycles. The number of hydrogen-bond donors (Lipinski definition) is 1. The van der Waals surface area contributed by atoms with Gasteiger partial charge in [0.1, 0.15) is 17.5 Å². The lowest BCUT2D eigenvalue weighted by Gasteiger charge is -2.36. The molecule has 0 saturated carbocycles. The van der Waals surface area contributed by atoms with E-state index in [4.69, 9.17) is 9.97 Å². The average molecular weight is 506 g/mol. The Balaban J connectivity index is 1.36. The maximum atomic E-state index is 13.3. The first kappa shape index (κ1) is 24.3. The van der Waals surface area contributed by atoms with Gasteiger partial charge in [-0.3, -0.25) is 4.90 Å². The molecule has 7 nitrogen and oxygen atoms in total. The standard InChI is InChI=1S/C27H28FN5O2S/c1-19-6-5-7-22(18-19)29-27-24-8-3-4-9-25(24)30-26(31-27)20(2)32-14-16-33(17-15-32)36(34,35)23-12-10-21(28)11-13-23/h3-13,18,20H,14-17H2,1-2H3,(H,29,30,31)/t20-/m0/s1. The lowest BCUT2D eigenvalue weighted by molar-refractivity contribution is 0.141. The summed E-state index contributed by atoms with van der Waals surface area (Å²) in [5.41, 5.74) is 2.96. The molecule has 2 heterocycles. The molecule has 0 unspecified atom stereocenters. The number of nitrogens with one attached hydrogen (secondary N) is 1. The third-order valence-electron chi connectivity index (χ3n) is 6.55. The minimum Gasteiger partial charge on any atom is -0.340 e. The number of piperazine rings is 1. The molecule has 1 aromatic heterocycles. The van der Waals surface area contributed by atoms with Gasteiger partial charge in [0.25, 0.3) is 0 Å². The van der Waals surface area contributed by atoms with Gasteiger partial charge in [0.05, 0.1) is 16.5 Å². The van der Waals surface area contributed by atoms with Crippen molar-refractivity contribution in [2.24, 2.45) is 0 Å². The van der Waals surface area contributed by atoms with Gasteiger partial charge in [-0.05, 0) is 67.9 Å². The number of aromatic nitrogens is 2. The Bertz CT molecular complexity index is 1490. The van der Waals surface area contributed by atoms with Crippen molar-refractivity contribution < 1.29 is 12.8 Å². The van der Waals surface area contributed by atoms with Gasteiger partial charge < -0.3 is 5.32 Å². The number of rotatable bonds is 6. The van der Waals surface area contributed by atoms with E-state index in [1.165, 1.54) is 28.6 Å². The number of aryl methyl sites for hydroxylation is 1. The quantitative estimate of drug-likeness (QED) is 0.402. The van der Waals surface area contributed by atoms with Gasteiger partial charge in [-0.1, -0.05) is 24.3 Å². The zero-order chi connectivity index (χ0) is 25.3. The van der Waals surface area contributed by atoms with Crippen molar-refractivity contribution in [1.29, 1.82) is 0 Å². The predicted molar refractivity (Wildman–Crippen MR) is 139 cm³/mol. The van der Waals surface area contributed by atoms with Crippen molar-refractivity contribution in [2.45, 2.75) is 24.8 Å². The van der Waals surface area contributed by atoms with Crippen LogP contribution in [0.2, 0.25) is 0 Å². The van der Waals surface area contributed by atoms with E-state index in [1.807, 2.05) is 56.3 Å². The highest BCUT2D eigenvalue weighted by Crippen LogP contribution is 2.28. The summed E-state index contributed by atoms with van der Waals surface area (Å²) >= 11 is 0. The van der Waals surface area contributed by atoms with Gasteiger partial charge in [0.2, 0.25) is 10.0 Å². The Hall–Kier alpha value is -3.40. The molecule has 0 bridgehead atoms. The minimum absolute atomic E-state index is 0.107. The van der Waals surface area contributed by atoms with Crippen molar-refractivity contribution in [2.75, 3.05) is 31.5 Å².